The first-order valence-electron chi connectivity index (χ1n) is 7.58. The van der Waals surface area contributed by atoms with E-state index < -0.39 is 0 Å². The quantitative estimate of drug-likeness (QED) is 0.882. The molecule has 1 fully saturated rings. The second kappa shape index (κ2) is 5.94. The summed E-state index contributed by atoms with van der Waals surface area (Å²) in [4.78, 5) is 13.9. The molecule has 0 unspecified atom stereocenters. The van der Waals surface area contributed by atoms with Crippen molar-refractivity contribution in [2.45, 2.75) is 32.2 Å². The number of likely N-dealkylation sites (tertiary alicyclic amines) is 1. The van der Waals surface area contributed by atoms with E-state index in [1.807, 2.05) is 0 Å². The van der Waals surface area contributed by atoms with E-state index in [2.05, 4.69) is 28.4 Å². The molecule has 108 valence electrons. The van der Waals surface area contributed by atoms with E-state index in [0.29, 0.717) is 12.3 Å². The number of hydrogen-bond acceptors (Lipinski definition) is 3. The van der Waals surface area contributed by atoms with Gasteiger partial charge in [0.25, 0.3) is 0 Å². The van der Waals surface area contributed by atoms with Gasteiger partial charge in [-0.05, 0) is 62.0 Å². The van der Waals surface area contributed by atoms with Gasteiger partial charge in [-0.2, -0.15) is 0 Å². The first kappa shape index (κ1) is 13.6. The maximum Gasteiger partial charge on any atom is 0.224 e. The van der Waals surface area contributed by atoms with E-state index in [4.69, 9.17) is 5.73 Å². The molecule has 0 bridgehead atoms. The van der Waals surface area contributed by atoms with E-state index in [1.165, 1.54) is 24.0 Å². The standard InChI is InChI=1S/C16H23N3O/c17-10-12-5-7-19(8-6-12)11-13-1-2-14-3-4-16(20)18-15(14)9-13/h1-2,9,12H,3-8,10-11,17H2,(H,18,20). The largest absolute Gasteiger partial charge is 0.330 e. The van der Waals surface area contributed by atoms with Crippen molar-refractivity contribution in [1.82, 2.24) is 4.90 Å². The van der Waals surface area contributed by atoms with Crippen LogP contribution in [-0.4, -0.2) is 30.4 Å². The molecule has 0 aromatic heterocycles. The predicted octanol–water partition coefficient (Wildman–Crippen LogP) is 1.74. The zero-order chi connectivity index (χ0) is 13.9. The van der Waals surface area contributed by atoms with E-state index in [-0.39, 0.29) is 5.91 Å². The summed E-state index contributed by atoms with van der Waals surface area (Å²) in [6, 6.07) is 6.50. The van der Waals surface area contributed by atoms with Crippen molar-refractivity contribution in [2.24, 2.45) is 11.7 Å². The fourth-order valence-corrected chi connectivity index (χ4v) is 3.16. The Morgan fingerprint density at radius 2 is 2.05 bits per heavy atom. The Morgan fingerprint density at radius 3 is 2.80 bits per heavy atom. The zero-order valence-electron chi connectivity index (χ0n) is 11.9. The maximum absolute atomic E-state index is 11.5. The van der Waals surface area contributed by atoms with Gasteiger partial charge >= 0.3 is 0 Å². The third-order valence-electron chi connectivity index (χ3n) is 4.52. The minimum atomic E-state index is 0.137. The Balaban J connectivity index is 1.64. The molecule has 3 N–H and O–H groups in total. The van der Waals surface area contributed by atoms with Crippen molar-refractivity contribution in [3.63, 3.8) is 0 Å². The number of rotatable bonds is 3. The fourth-order valence-electron chi connectivity index (χ4n) is 3.16. The number of nitrogens with zero attached hydrogens (tertiary/aromatic N) is 1. The molecule has 20 heavy (non-hydrogen) atoms. The first-order chi connectivity index (χ1) is 9.74. The van der Waals surface area contributed by atoms with Gasteiger partial charge in [0.05, 0.1) is 0 Å². The maximum atomic E-state index is 11.5. The van der Waals surface area contributed by atoms with Crippen molar-refractivity contribution in [2.75, 3.05) is 25.0 Å². The molecule has 2 aliphatic heterocycles. The number of anilines is 1. The number of amides is 1. The smallest absolute Gasteiger partial charge is 0.224 e. The highest BCUT2D eigenvalue weighted by Gasteiger charge is 2.19. The third kappa shape index (κ3) is 3.02. The van der Waals surface area contributed by atoms with Gasteiger partial charge in [0.15, 0.2) is 0 Å². The number of nitrogens with two attached hydrogens (primary N) is 1. The molecule has 0 saturated carbocycles. The van der Waals surface area contributed by atoms with E-state index in [1.54, 1.807) is 0 Å². The number of carbonyl (C=O) groups excluding carboxylic acids is 1. The van der Waals surface area contributed by atoms with Crippen molar-refractivity contribution in [3.05, 3.63) is 29.3 Å². The molecule has 4 nitrogen and oxygen atoms in total. The molecule has 0 radical (unpaired) electrons. The first-order valence-corrected chi connectivity index (χ1v) is 7.58. The Bertz CT molecular complexity index is 492. The minimum absolute atomic E-state index is 0.137. The van der Waals surface area contributed by atoms with Gasteiger partial charge in [-0.1, -0.05) is 12.1 Å². The number of aryl methyl sites for hydroxylation is 1. The van der Waals surface area contributed by atoms with Crippen LogP contribution in [-0.2, 0) is 17.8 Å². The highest BCUT2D eigenvalue weighted by Crippen LogP contribution is 2.25. The third-order valence-corrected chi connectivity index (χ3v) is 4.52. The van der Waals surface area contributed by atoms with Gasteiger partial charge in [0.1, 0.15) is 0 Å². The number of nitrogens with one attached hydrogen (secondary N) is 1. The SMILES string of the molecule is NCC1CCN(Cc2ccc3c(c2)NC(=O)CC3)CC1. The Kier molecular flexibility index (Phi) is 4.03. The Labute approximate surface area is 120 Å². The normalized spacial score (nSPS) is 20.6. The molecule has 3 rings (SSSR count). The molecule has 1 aromatic carbocycles. The van der Waals surface area contributed by atoms with Crippen molar-refractivity contribution < 1.29 is 4.79 Å². The van der Waals surface area contributed by atoms with Crippen molar-refractivity contribution in [3.8, 4) is 0 Å². The summed E-state index contributed by atoms with van der Waals surface area (Å²) in [5.74, 6) is 0.840. The molecule has 1 aromatic rings. The van der Waals surface area contributed by atoms with Crippen LogP contribution in [0.1, 0.15) is 30.4 Å². The minimum Gasteiger partial charge on any atom is -0.330 e. The van der Waals surface area contributed by atoms with Gasteiger partial charge in [-0.3, -0.25) is 9.69 Å². The van der Waals surface area contributed by atoms with Gasteiger partial charge < -0.3 is 11.1 Å². The lowest BCUT2D eigenvalue weighted by Gasteiger charge is -2.31. The molecule has 2 heterocycles. The van der Waals surface area contributed by atoms with Crippen LogP contribution in [0.25, 0.3) is 0 Å². The lowest BCUT2D eigenvalue weighted by molar-refractivity contribution is -0.116. The van der Waals surface area contributed by atoms with E-state index in [0.717, 1.165) is 38.3 Å². The second-order valence-electron chi connectivity index (χ2n) is 5.99. The van der Waals surface area contributed by atoms with Crippen LogP contribution < -0.4 is 11.1 Å². The molecule has 4 heteroatoms. The summed E-state index contributed by atoms with van der Waals surface area (Å²) in [5.41, 5.74) is 9.29. The number of carbonyl (C=O) groups is 1. The lowest BCUT2D eigenvalue weighted by atomic mass is 9.96. The zero-order valence-corrected chi connectivity index (χ0v) is 11.9. The molecule has 1 amide bonds. The van der Waals surface area contributed by atoms with Gasteiger partial charge in [-0.15, -0.1) is 0 Å². The summed E-state index contributed by atoms with van der Waals surface area (Å²) in [6.07, 6.45) is 3.89. The summed E-state index contributed by atoms with van der Waals surface area (Å²) < 4.78 is 0. The van der Waals surface area contributed by atoms with Crippen LogP contribution in [0.4, 0.5) is 5.69 Å². The molecule has 0 atom stereocenters. The van der Waals surface area contributed by atoms with Crippen LogP contribution in [0.15, 0.2) is 18.2 Å². The topological polar surface area (TPSA) is 58.4 Å². The van der Waals surface area contributed by atoms with Crippen molar-refractivity contribution >= 4 is 11.6 Å². The highest BCUT2D eigenvalue weighted by molar-refractivity contribution is 5.93. The number of fused-ring (bicyclic) bond motifs is 1. The van der Waals surface area contributed by atoms with E-state index >= 15 is 0 Å². The van der Waals surface area contributed by atoms with E-state index in [9.17, 15) is 4.79 Å². The summed E-state index contributed by atoms with van der Waals surface area (Å²) in [6.45, 7) is 4.05. The summed E-state index contributed by atoms with van der Waals surface area (Å²) >= 11 is 0. The average molecular weight is 273 g/mol. The Morgan fingerprint density at radius 1 is 1.25 bits per heavy atom. The second-order valence-corrected chi connectivity index (χ2v) is 5.99. The van der Waals surface area contributed by atoms with Crippen molar-refractivity contribution in [1.29, 1.82) is 0 Å². The van der Waals surface area contributed by atoms with Gasteiger partial charge in [0, 0.05) is 18.7 Å². The van der Waals surface area contributed by atoms with Crippen LogP contribution in [0.3, 0.4) is 0 Å². The van der Waals surface area contributed by atoms with Gasteiger partial charge in [-0.25, -0.2) is 0 Å². The number of benzene rings is 1. The summed E-state index contributed by atoms with van der Waals surface area (Å²) in [5, 5.41) is 2.98. The molecule has 1 saturated heterocycles. The average Bonchev–Trinajstić information content (AvgIpc) is 2.47. The van der Waals surface area contributed by atoms with Crippen LogP contribution in [0.2, 0.25) is 0 Å². The van der Waals surface area contributed by atoms with Crippen LogP contribution >= 0.6 is 0 Å². The lowest BCUT2D eigenvalue weighted by Crippen LogP contribution is -2.35. The van der Waals surface area contributed by atoms with Crippen LogP contribution in [0.5, 0.6) is 0 Å². The Hall–Kier alpha value is -1.39. The molecule has 0 aliphatic carbocycles. The molecular formula is C16H23N3O. The van der Waals surface area contributed by atoms with Gasteiger partial charge in [0.2, 0.25) is 5.91 Å². The molecule has 0 spiro atoms. The highest BCUT2D eigenvalue weighted by atomic mass is 16.1. The fraction of sp³-hybridized carbons (Fsp3) is 0.562. The summed E-state index contributed by atoms with van der Waals surface area (Å²) in [7, 11) is 0. The monoisotopic (exact) mass is 273 g/mol. The van der Waals surface area contributed by atoms with Crippen LogP contribution in [0, 0.1) is 5.92 Å². The number of hydrogen-bond donors (Lipinski definition) is 2. The number of piperidine rings is 1. The molecular weight excluding hydrogens is 250 g/mol. The predicted molar refractivity (Wildman–Crippen MR) is 80.4 cm³/mol. The molecule has 2 aliphatic rings.